The molecule has 2 N–H and O–H groups in total. The molecule has 0 atom stereocenters. The maximum Gasteiger partial charge on any atom is 0.259 e. The molecule has 0 bridgehead atoms. The number of aromatic nitrogens is 3. The van der Waals surface area contributed by atoms with Crippen LogP contribution in [0.3, 0.4) is 0 Å². The molecule has 1 amide bonds. The van der Waals surface area contributed by atoms with Crippen LogP contribution in [0.25, 0.3) is 22.4 Å². The first-order valence-corrected chi connectivity index (χ1v) is 11.0. The van der Waals surface area contributed by atoms with Crippen LogP contribution in [0.15, 0.2) is 71.9 Å². The first-order valence-electron chi connectivity index (χ1n) is 9.41. The van der Waals surface area contributed by atoms with E-state index < -0.39 is 15.1 Å². The SMILES string of the molecule is CC(C)S(=O)(=O)c1ccc(-c2cnc3[nH]cc(C(=O)Nc4ccccc4)c3n2)cc1. The number of amides is 1. The van der Waals surface area contributed by atoms with Gasteiger partial charge in [-0.3, -0.25) is 4.79 Å². The number of carbonyl (C=O) groups is 1. The van der Waals surface area contributed by atoms with Crippen molar-refractivity contribution in [3.05, 3.63) is 72.6 Å². The Labute approximate surface area is 174 Å². The minimum Gasteiger partial charge on any atom is -0.344 e. The largest absolute Gasteiger partial charge is 0.344 e. The quantitative estimate of drug-likeness (QED) is 0.507. The number of para-hydroxylation sites is 1. The number of hydrogen-bond donors (Lipinski definition) is 2. The van der Waals surface area contributed by atoms with E-state index in [1.165, 1.54) is 0 Å². The molecule has 7 nitrogen and oxygen atoms in total. The van der Waals surface area contributed by atoms with Crippen molar-refractivity contribution >= 4 is 32.6 Å². The fourth-order valence-electron chi connectivity index (χ4n) is 3.01. The van der Waals surface area contributed by atoms with Crippen molar-refractivity contribution in [1.82, 2.24) is 15.0 Å². The molecule has 2 aromatic carbocycles. The van der Waals surface area contributed by atoms with Crippen LogP contribution in [0.1, 0.15) is 24.2 Å². The number of H-pyrrole nitrogens is 1. The summed E-state index contributed by atoms with van der Waals surface area (Å²) in [5.41, 5.74) is 3.26. The zero-order chi connectivity index (χ0) is 21.3. The van der Waals surface area contributed by atoms with Gasteiger partial charge in [0.05, 0.1) is 27.6 Å². The third-order valence-electron chi connectivity index (χ3n) is 4.76. The number of anilines is 1. The average molecular weight is 420 g/mol. The molecule has 0 aliphatic rings. The lowest BCUT2D eigenvalue weighted by Gasteiger charge is -2.08. The van der Waals surface area contributed by atoms with Gasteiger partial charge in [0, 0.05) is 17.4 Å². The Bertz CT molecular complexity index is 1310. The van der Waals surface area contributed by atoms with E-state index in [1.54, 1.807) is 62.6 Å². The Kier molecular flexibility index (Phi) is 5.09. The van der Waals surface area contributed by atoms with Gasteiger partial charge in [-0.1, -0.05) is 30.3 Å². The predicted molar refractivity (Wildman–Crippen MR) is 116 cm³/mol. The van der Waals surface area contributed by atoms with Crippen molar-refractivity contribution in [2.24, 2.45) is 0 Å². The summed E-state index contributed by atoms with van der Waals surface area (Å²) in [7, 11) is -3.34. The number of fused-ring (bicyclic) bond motifs is 1. The topological polar surface area (TPSA) is 105 Å². The van der Waals surface area contributed by atoms with Crippen LogP contribution in [-0.2, 0) is 9.84 Å². The fourth-order valence-corrected chi connectivity index (χ4v) is 4.07. The molecule has 0 saturated carbocycles. The Morgan fingerprint density at radius 2 is 1.73 bits per heavy atom. The third-order valence-corrected chi connectivity index (χ3v) is 6.93. The van der Waals surface area contributed by atoms with E-state index >= 15 is 0 Å². The molecule has 30 heavy (non-hydrogen) atoms. The van der Waals surface area contributed by atoms with Gasteiger partial charge in [0.25, 0.3) is 5.91 Å². The molecule has 0 unspecified atom stereocenters. The van der Waals surface area contributed by atoms with Crippen LogP contribution in [0.5, 0.6) is 0 Å². The van der Waals surface area contributed by atoms with E-state index in [2.05, 4.69) is 20.3 Å². The van der Waals surface area contributed by atoms with Gasteiger partial charge in [-0.15, -0.1) is 0 Å². The van der Waals surface area contributed by atoms with Crippen molar-refractivity contribution in [1.29, 1.82) is 0 Å². The molecule has 152 valence electrons. The molecule has 4 aromatic rings. The summed E-state index contributed by atoms with van der Waals surface area (Å²) < 4.78 is 24.6. The maximum atomic E-state index is 12.7. The molecule has 8 heteroatoms. The maximum absolute atomic E-state index is 12.7. The van der Waals surface area contributed by atoms with Crippen LogP contribution in [0.4, 0.5) is 5.69 Å². The zero-order valence-corrected chi connectivity index (χ0v) is 17.3. The number of benzene rings is 2. The fraction of sp³-hybridized carbons (Fsp3) is 0.136. The van der Waals surface area contributed by atoms with Crippen LogP contribution >= 0.6 is 0 Å². The van der Waals surface area contributed by atoms with Gasteiger partial charge in [0.1, 0.15) is 5.52 Å². The van der Waals surface area contributed by atoms with Gasteiger partial charge >= 0.3 is 0 Å². The lowest BCUT2D eigenvalue weighted by Crippen LogP contribution is -2.13. The Hall–Kier alpha value is -3.52. The predicted octanol–water partition coefficient (Wildman–Crippen LogP) is 4.06. The number of carbonyl (C=O) groups excluding carboxylic acids is 1. The molecule has 0 saturated heterocycles. The monoisotopic (exact) mass is 420 g/mol. The summed E-state index contributed by atoms with van der Waals surface area (Å²) in [4.78, 5) is 24.9. The average Bonchev–Trinajstić information content (AvgIpc) is 3.18. The second kappa shape index (κ2) is 7.72. The first kappa shape index (κ1) is 19.8. The van der Waals surface area contributed by atoms with E-state index in [-0.39, 0.29) is 10.8 Å². The lowest BCUT2D eigenvalue weighted by molar-refractivity contribution is 0.102. The van der Waals surface area contributed by atoms with Crippen LogP contribution in [0, 0.1) is 0 Å². The minimum absolute atomic E-state index is 0.264. The highest BCUT2D eigenvalue weighted by molar-refractivity contribution is 7.92. The molecule has 0 spiro atoms. The van der Waals surface area contributed by atoms with Gasteiger partial charge in [-0.25, -0.2) is 18.4 Å². The van der Waals surface area contributed by atoms with Crippen molar-refractivity contribution in [3.63, 3.8) is 0 Å². The van der Waals surface area contributed by atoms with E-state index in [4.69, 9.17) is 0 Å². The summed E-state index contributed by atoms with van der Waals surface area (Å²) >= 11 is 0. The molecule has 4 rings (SSSR count). The highest BCUT2D eigenvalue weighted by Gasteiger charge is 2.19. The van der Waals surface area contributed by atoms with Gasteiger partial charge in [0.15, 0.2) is 15.5 Å². The van der Waals surface area contributed by atoms with E-state index in [0.29, 0.717) is 33.7 Å². The summed E-state index contributed by atoms with van der Waals surface area (Å²) in [5, 5.41) is 2.34. The highest BCUT2D eigenvalue weighted by Crippen LogP contribution is 2.24. The normalized spacial score (nSPS) is 11.7. The van der Waals surface area contributed by atoms with E-state index in [1.807, 2.05) is 18.2 Å². The second-order valence-electron chi connectivity index (χ2n) is 7.09. The lowest BCUT2D eigenvalue weighted by atomic mass is 10.1. The Morgan fingerprint density at radius 3 is 2.40 bits per heavy atom. The standard InChI is InChI=1S/C22H20N4O3S/c1-14(2)30(28,29)17-10-8-15(9-11-17)19-13-24-21-20(26-19)18(12-23-21)22(27)25-16-6-4-3-5-7-16/h3-14H,1-2H3,(H,23,24)(H,25,27). The van der Waals surface area contributed by atoms with Crippen molar-refractivity contribution in [2.45, 2.75) is 24.0 Å². The van der Waals surface area contributed by atoms with Crippen LogP contribution in [-0.4, -0.2) is 34.5 Å². The summed E-state index contributed by atoms with van der Waals surface area (Å²) in [6, 6.07) is 15.7. The van der Waals surface area contributed by atoms with E-state index in [0.717, 1.165) is 0 Å². The molecule has 0 radical (unpaired) electrons. The third kappa shape index (κ3) is 3.69. The number of nitrogens with zero attached hydrogens (tertiary/aromatic N) is 2. The molecule has 2 heterocycles. The summed E-state index contributed by atoms with van der Waals surface area (Å²) in [6.07, 6.45) is 3.16. The Balaban J connectivity index is 1.67. The van der Waals surface area contributed by atoms with Crippen molar-refractivity contribution in [3.8, 4) is 11.3 Å². The summed E-state index contributed by atoms with van der Waals surface area (Å²) in [5.74, 6) is -0.294. The van der Waals surface area contributed by atoms with Crippen molar-refractivity contribution < 1.29 is 13.2 Å². The summed E-state index contributed by atoms with van der Waals surface area (Å²) in [6.45, 7) is 3.30. The zero-order valence-electron chi connectivity index (χ0n) is 16.5. The number of rotatable bonds is 5. The molecule has 0 fully saturated rings. The smallest absolute Gasteiger partial charge is 0.259 e. The second-order valence-corrected chi connectivity index (χ2v) is 9.60. The number of sulfone groups is 1. The number of nitrogens with one attached hydrogen (secondary N) is 2. The van der Waals surface area contributed by atoms with E-state index in [9.17, 15) is 13.2 Å². The molecule has 0 aliphatic heterocycles. The van der Waals surface area contributed by atoms with Gasteiger partial charge in [-0.05, 0) is 38.1 Å². The van der Waals surface area contributed by atoms with Crippen LogP contribution < -0.4 is 5.32 Å². The highest BCUT2D eigenvalue weighted by atomic mass is 32.2. The van der Waals surface area contributed by atoms with Gasteiger partial charge in [0.2, 0.25) is 0 Å². The minimum atomic E-state index is -3.34. The number of hydrogen-bond acceptors (Lipinski definition) is 5. The molecule has 2 aromatic heterocycles. The molecular weight excluding hydrogens is 400 g/mol. The first-order chi connectivity index (χ1) is 14.4. The van der Waals surface area contributed by atoms with Crippen molar-refractivity contribution in [2.75, 3.05) is 5.32 Å². The Morgan fingerprint density at radius 1 is 1.03 bits per heavy atom. The van der Waals surface area contributed by atoms with Gasteiger partial charge in [-0.2, -0.15) is 0 Å². The molecule has 0 aliphatic carbocycles. The molecular formula is C22H20N4O3S. The van der Waals surface area contributed by atoms with Crippen LogP contribution in [0.2, 0.25) is 0 Å². The van der Waals surface area contributed by atoms with Gasteiger partial charge < -0.3 is 10.3 Å². The number of aromatic amines is 1.